The molecule has 148 valence electrons. The van der Waals surface area contributed by atoms with Crippen molar-refractivity contribution in [2.75, 3.05) is 25.1 Å². The Balaban J connectivity index is 1.59. The predicted octanol–water partition coefficient (Wildman–Crippen LogP) is 2.47. The van der Waals surface area contributed by atoms with Crippen molar-refractivity contribution in [2.45, 2.75) is 32.9 Å². The van der Waals surface area contributed by atoms with Crippen molar-refractivity contribution in [1.82, 2.24) is 15.6 Å². The van der Waals surface area contributed by atoms with Crippen molar-refractivity contribution in [2.24, 2.45) is 4.99 Å². The molecule has 1 aliphatic heterocycles. The molecule has 7 nitrogen and oxygen atoms in total. The second-order valence-electron chi connectivity index (χ2n) is 6.54. The Bertz CT molecular complexity index is 820. The minimum absolute atomic E-state index is 0.204. The normalized spacial score (nSPS) is 14.3. The maximum atomic E-state index is 11.9. The van der Waals surface area contributed by atoms with Crippen LogP contribution in [0.25, 0.3) is 0 Å². The van der Waals surface area contributed by atoms with Crippen molar-refractivity contribution in [3.63, 3.8) is 0 Å². The highest BCUT2D eigenvalue weighted by molar-refractivity contribution is 5.95. The maximum absolute atomic E-state index is 11.9. The van der Waals surface area contributed by atoms with E-state index in [1.807, 2.05) is 54.3 Å². The van der Waals surface area contributed by atoms with Crippen LogP contribution in [0.5, 0.6) is 5.88 Å². The Morgan fingerprint density at radius 2 is 2.04 bits per heavy atom. The highest BCUT2D eigenvalue weighted by Crippen LogP contribution is 2.21. The van der Waals surface area contributed by atoms with Gasteiger partial charge in [0, 0.05) is 31.3 Å². The number of ether oxygens (including phenoxy) is 1. The lowest BCUT2D eigenvalue weighted by Crippen LogP contribution is -2.37. The highest BCUT2D eigenvalue weighted by atomic mass is 16.5. The Morgan fingerprint density at radius 1 is 1.21 bits per heavy atom. The number of rotatable bonds is 7. The number of nitrogens with one attached hydrogen (secondary N) is 2. The lowest BCUT2D eigenvalue weighted by molar-refractivity contribution is -0.117. The second-order valence-corrected chi connectivity index (χ2v) is 6.54. The van der Waals surface area contributed by atoms with Gasteiger partial charge in [0.2, 0.25) is 11.8 Å². The van der Waals surface area contributed by atoms with Crippen molar-refractivity contribution in [3.05, 3.63) is 53.7 Å². The van der Waals surface area contributed by atoms with Gasteiger partial charge in [-0.2, -0.15) is 0 Å². The molecule has 0 spiro atoms. The molecule has 7 heteroatoms. The molecule has 2 N–H and O–H groups in total. The van der Waals surface area contributed by atoms with Gasteiger partial charge in [-0.3, -0.25) is 4.79 Å². The summed E-state index contributed by atoms with van der Waals surface area (Å²) in [5.74, 6) is 1.53. The van der Waals surface area contributed by atoms with Crippen LogP contribution >= 0.6 is 0 Å². The molecule has 3 rings (SSSR count). The molecule has 0 atom stereocenters. The van der Waals surface area contributed by atoms with Crippen molar-refractivity contribution < 1.29 is 9.53 Å². The Hall–Kier alpha value is -3.09. The summed E-state index contributed by atoms with van der Waals surface area (Å²) in [4.78, 5) is 22.7. The third kappa shape index (κ3) is 5.22. The molecular formula is C21H27N5O2. The van der Waals surface area contributed by atoms with Gasteiger partial charge < -0.3 is 20.3 Å². The molecular weight excluding hydrogens is 354 g/mol. The molecule has 0 bridgehead atoms. The van der Waals surface area contributed by atoms with E-state index < -0.39 is 0 Å². The molecule has 1 saturated heterocycles. The van der Waals surface area contributed by atoms with E-state index in [9.17, 15) is 4.79 Å². The van der Waals surface area contributed by atoms with Gasteiger partial charge in [0.05, 0.1) is 25.9 Å². The fourth-order valence-corrected chi connectivity index (χ4v) is 3.06. The van der Waals surface area contributed by atoms with Gasteiger partial charge >= 0.3 is 0 Å². The van der Waals surface area contributed by atoms with E-state index in [4.69, 9.17) is 4.74 Å². The Labute approximate surface area is 165 Å². The van der Waals surface area contributed by atoms with Crippen LogP contribution in [0.1, 0.15) is 31.0 Å². The molecule has 1 fully saturated rings. The lowest BCUT2D eigenvalue weighted by Gasteiger charge is -2.16. The first-order valence-corrected chi connectivity index (χ1v) is 9.61. The van der Waals surface area contributed by atoms with E-state index in [1.54, 1.807) is 7.11 Å². The summed E-state index contributed by atoms with van der Waals surface area (Å²) in [6.45, 7) is 4.72. The quantitative estimate of drug-likeness (QED) is 0.569. The van der Waals surface area contributed by atoms with Crippen LogP contribution in [0.2, 0.25) is 0 Å². The predicted molar refractivity (Wildman–Crippen MR) is 110 cm³/mol. The SMILES string of the molecule is CCNC(=NCc1ccc(N2CCCC2=O)cc1)NCc1cccc(OC)n1. The van der Waals surface area contributed by atoms with Gasteiger partial charge in [-0.25, -0.2) is 9.98 Å². The van der Waals surface area contributed by atoms with E-state index in [0.29, 0.717) is 25.4 Å². The van der Waals surface area contributed by atoms with Crippen LogP contribution in [0.15, 0.2) is 47.5 Å². The highest BCUT2D eigenvalue weighted by Gasteiger charge is 2.21. The van der Waals surface area contributed by atoms with Crippen LogP contribution < -0.4 is 20.3 Å². The first-order valence-electron chi connectivity index (χ1n) is 9.61. The van der Waals surface area contributed by atoms with E-state index in [0.717, 1.165) is 42.4 Å². The van der Waals surface area contributed by atoms with E-state index in [1.165, 1.54) is 0 Å². The maximum Gasteiger partial charge on any atom is 0.227 e. The Morgan fingerprint density at radius 3 is 2.71 bits per heavy atom. The number of amides is 1. The van der Waals surface area contributed by atoms with Gasteiger partial charge in [-0.05, 0) is 37.1 Å². The summed E-state index contributed by atoms with van der Waals surface area (Å²) in [5, 5.41) is 6.53. The molecule has 28 heavy (non-hydrogen) atoms. The molecule has 1 aliphatic rings. The zero-order chi connectivity index (χ0) is 19.8. The fourth-order valence-electron chi connectivity index (χ4n) is 3.06. The summed E-state index contributed by atoms with van der Waals surface area (Å²) in [6.07, 6.45) is 1.58. The number of carbonyl (C=O) groups is 1. The van der Waals surface area contributed by atoms with Crippen molar-refractivity contribution >= 4 is 17.6 Å². The third-order valence-corrected chi connectivity index (χ3v) is 4.51. The van der Waals surface area contributed by atoms with Crippen LogP contribution in [-0.4, -0.2) is 37.1 Å². The molecule has 1 aromatic carbocycles. The molecule has 0 aliphatic carbocycles. The number of methoxy groups -OCH3 is 1. The topological polar surface area (TPSA) is 78.9 Å². The summed E-state index contributed by atoms with van der Waals surface area (Å²) in [5.41, 5.74) is 2.93. The van der Waals surface area contributed by atoms with Crippen molar-refractivity contribution in [1.29, 1.82) is 0 Å². The van der Waals surface area contributed by atoms with Crippen molar-refractivity contribution in [3.8, 4) is 5.88 Å². The van der Waals surface area contributed by atoms with Gasteiger partial charge in [0.15, 0.2) is 5.96 Å². The van der Waals surface area contributed by atoms with E-state index in [-0.39, 0.29) is 5.91 Å². The standard InChI is InChI=1S/C21H27N5O2/c1-3-22-21(24-15-17-6-4-7-19(25-17)28-2)23-14-16-9-11-18(12-10-16)26-13-5-8-20(26)27/h4,6-7,9-12H,3,5,8,13-15H2,1-2H3,(H2,22,23,24). The summed E-state index contributed by atoms with van der Waals surface area (Å²) in [6, 6.07) is 13.7. The average Bonchev–Trinajstić information content (AvgIpc) is 3.16. The summed E-state index contributed by atoms with van der Waals surface area (Å²) >= 11 is 0. The molecule has 1 amide bonds. The minimum atomic E-state index is 0.204. The summed E-state index contributed by atoms with van der Waals surface area (Å²) < 4.78 is 5.16. The number of anilines is 1. The van der Waals surface area contributed by atoms with Crippen LogP contribution in [0.3, 0.4) is 0 Å². The monoisotopic (exact) mass is 381 g/mol. The Kier molecular flexibility index (Phi) is 6.84. The number of guanidine groups is 1. The number of pyridine rings is 1. The minimum Gasteiger partial charge on any atom is -0.481 e. The van der Waals surface area contributed by atoms with Gasteiger partial charge in [-0.1, -0.05) is 18.2 Å². The van der Waals surface area contributed by atoms with E-state index >= 15 is 0 Å². The number of carbonyl (C=O) groups excluding carboxylic acids is 1. The molecule has 0 unspecified atom stereocenters. The number of aromatic nitrogens is 1. The van der Waals surface area contributed by atoms with Gasteiger partial charge in [0.25, 0.3) is 0 Å². The largest absolute Gasteiger partial charge is 0.481 e. The zero-order valence-corrected chi connectivity index (χ0v) is 16.4. The second kappa shape index (κ2) is 9.73. The van der Waals surface area contributed by atoms with Crippen LogP contribution in [0, 0.1) is 0 Å². The fraction of sp³-hybridized carbons (Fsp3) is 0.381. The molecule has 2 heterocycles. The number of hydrogen-bond donors (Lipinski definition) is 2. The van der Waals surface area contributed by atoms with E-state index in [2.05, 4.69) is 20.6 Å². The molecule has 2 aromatic rings. The number of benzene rings is 1. The number of hydrogen-bond acceptors (Lipinski definition) is 4. The van der Waals surface area contributed by atoms with Crippen LogP contribution in [0.4, 0.5) is 5.69 Å². The van der Waals surface area contributed by atoms with Gasteiger partial charge in [0.1, 0.15) is 0 Å². The molecule has 0 saturated carbocycles. The van der Waals surface area contributed by atoms with Gasteiger partial charge in [-0.15, -0.1) is 0 Å². The zero-order valence-electron chi connectivity index (χ0n) is 16.4. The lowest BCUT2D eigenvalue weighted by atomic mass is 10.2. The first kappa shape index (κ1) is 19.7. The average molecular weight is 381 g/mol. The third-order valence-electron chi connectivity index (χ3n) is 4.51. The summed E-state index contributed by atoms with van der Waals surface area (Å²) in [7, 11) is 1.61. The molecule has 1 aromatic heterocycles. The van der Waals surface area contributed by atoms with Crippen LogP contribution in [-0.2, 0) is 17.9 Å². The smallest absolute Gasteiger partial charge is 0.227 e. The molecule has 0 radical (unpaired) electrons. The first-order chi connectivity index (χ1) is 13.7. The number of aliphatic imine (C=N–C) groups is 1. The number of nitrogens with zero attached hydrogens (tertiary/aromatic N) is 3.